The largest absolute Gasteiger partial charge is 0.493 e. The van der Waals surface area contributed by atoms with Gasteiger partial charge in [-0.1, -0.05) is 11.6 Å². The molecule has 1 aliphatic heterocycles. The second-order valence-electron chi connectivity index (χ2n) is 6.32. The van der Waals surface area contributed by atoms with Crippen LogP contribution in [0.3, 0.4) is 0 Å². The van der Waals surface area contributed by atoms with Gasteiger partial charge in [-0.05, 0) is 50.8 Å². The minimum Gasteiger partial charge on any atom is -0.493 e. The van der Waals surface area contributed by atoms with Gasteiger partial charge in [-0.3, -0.25) is 4.98 Å². The minimum absolute atomic E-state index is 0.353. The highest BCUT2D eigenvalue weighted by Gasteiger charge is 2.14. The van der Waals surface area contributed by atoms with Gasteiger partial charge in [0.05, 0.1) is 29.8 Å². The van der Waals surface area contributed by atoms with Crippen LogP contribution in [0.4, 0.5) is 0 Å². The van der Waals surface area contributed by atoms with Crippen LogP contribution in [0, 0.1) is 17.2 Å². The van der Waals surface area contributed by atoms with Crippen molar-refractivity contribution in [1.82, 2.24) is 10.3 Å². The first-order valence-electron chi connectivity index (χ1n) is 8.62. The third kappa shape index (κ3) is 4.15. The summed E-state index contributed by atoms with van der Waals surface area (Å²) in [5.74, 6) is 2.01. The number of hydrogen-bond acceptors (Lipinski definition) is 5. The van der Waals surface area contributed by atoms with Gasteiger partial charge in [-0.25, -0.2) is 0 Å². The maximum Gasteiger partial charge on any atom is 0.163 e. The molecule has 0 amide bonds. The van der Waals surface area contributed by atoms with Crippen molar-refractivity contribution in [2.24, 2.45) is 5.92 Å². The maximum absolute atomic E-state index is 9.07. The number of pyridine rings is 1. The van der Waals surface area contributed by atoms with E-state index in [0.29, 0.717) is 39.6 Å². The lowest BCUT2D eigenvalue weighted by Crippen LogP contribution is -2.29. The standard InChI is InChI=1S/C19H22ClN3O2/c1-24-17-8-15-16(23-12-14(10-21)19(15)20)9-18(17)25-7-3-5-13-4-2-6-22-11-13/h8-9,12-13,22H,2-7,11H2,1H3. The van der Waals surface area contributed by atoms with Gasteiger partial charge in [0.15, 0.2) is 11.5 Å². The fraction of sp³-hybridized carbons (Fsp3) is 0.474. The molecule has 1 aromatic carbocycles. The van der Waals surface area contributed by atoms with E-state index in [9.17, 15) is 0 Å². The molecule has 0 spiro atoms. The summed E-state index contributed by atoms with van der Waals surface area (Å²) in [7, 11) is 1.59. The smallest absolute Gasteiger partial charge is 0.163 e. The maximum atomic E-state index is 9.07. The number of nitriles is 1. The topological polar surface area (TPSA) is 67.2 Å². The van der Waals surface area contributed by atoms with Gasteiger partial charge < -0.3 is 14.8 Å². The van der Waals surface area contributed by atoms with Gasteiger partial charge in [0.1, 0.15) is 6.07 Å². The van der Waals surface area contributed by atoms with Gasteiger partial charge in [0.25, 0.3) is 0 Å². The van der Waals surface area contributed by atoms with Crippen molar-refractivity contribution in [3.63, 3.8) is 0 Å². The number of ether oxygens (including phenoxy) is 2. The zero-order valence-electron chi connectivity index (χ0n) is 14.3. The van der Waals surface area contributed by atoms with Gasteiger partial charge in [-0.2, -0.15) is 5.26 Å². The summed E-state index contributed by atoms with van der Waals surface area (Å²) in [5.41, 5.74) is 1.04. The zero-order valence-corrected chi connectivity index (χ0v) is 15.1. The third-order valence-corrected chi connectivity index (χ3v) is 5.03. The van der Waals surface area contributed by atoms with Gasteiger partial charge >= 0.3 is 0 Å². The van der Waals surface area contributed by atoms with Gasteiger partial charge in [0.2, 0.25) is 0 Å². The van der Waals surface area contributed by atoms with Gasteiger partial charge in [0, 0.05) is 17.6 Å². The van der Waals surface area contributed by atoms with E-state index < -0.39 is 0 Å². The quantitative estimate of drug-likeness (QED) is 0.791. The highest BCUT2D eigenvalue weighted by atomic mass is 35.5. The summed E-state index contributed by atoms with van der Waals surface area (Å²) in [5, 5.41) is 13.6. The van der Waals surface area contributed by atoms with Crippen LogP contribution in [0.15, 0.2) is 18.3 Å². The molecule has 0 bridgehead atoms. The molecule has 1 atom stereocenters. The van der Waals surface area contributed by atoms with Crippen molar-refractivity contribution in [3.8, 4) is 17.6 Å². The fourth-order valence-corrected chi connectivity index (χ4v) is 3.48. The number of fused-ring (bicyclic) bond motifs is 1. The van der Waals surface area contributed by atoms with Crippen molar-refractivity contribution in [2.45, 2.75) is 25.7 Å². The fourth-order valence-electron chi connectivity index (χ4n) is 3.24. The normalized spacial score (nSPS) is 17.2. The monoisotopic (exact) mass is 359 g/mol. The molecule has 132 valence electrons. The van der Waals surface area contributed by atoms with Crippen molar-refractivity contribution >= 4 is 22.5 Å². The molecular weight excluding hydrogens is 338 g/mol. The molecule has 5 nitrogen and oxygen atoms in total. The van der Waals surface area contributed by atoms with Crippen LogP contribution >= 0.6 is 11.6 Å². The van der Waals surface area contributed by atoms with Crippen molar-refractivity contribution in [2.75, 3.05) is 26.8 Å². The van der Waals surface area contributed by atoms with Crippen LogP contribution in [0.25, 0.3) is 10.9 Å². The lowest BCUT2D eigenvalue weighted by Gasteiger charge is -2.22. The van der Waals surface area contributed by atoms with Crippen LogP contribution in [-0.2, 0) is 0 Å². The lowest BCUT2D eigenvalue weighted by molar-refractivity contribution is 0.264. The highest BCUT2D eigenvalue weighted by molar-refractivity contribution is 6.36. The van der Waals surface area contributed by atoms with Gasteiger partial charge in [-0.15, -0.1) is 0 Å². The Balaban J connectivity index is 1.69. The predicted octanol–water partition coefficient (Wildman–Crippen LogP) is 3.93. The van der Waals surface area contributed by atoms with E-state index in [4.69, 9.17) is 26.3 Å². The Labute approximate surface area is 152 Å². The van der Waals surface area contributed by atoms with E-state index in [1.165, 1.54) is 25.5 Å². The molecule has 1 aliphatic rings. The number of aromatic nitrogens is 1. The number of nitrogens with one attached hydrogen (secondary N) is 1. The summed E-state index contributed by atoms with van der Waals surface area (Å²) in [4.78, 5) is 4.30. The Morgan fingerprint density at radius 3 is 3.00 bits per heavy atom. The number of piperidine rings is 1. The van der Waals surface area contributed by atoms with Crippen LogP contribution in [-0.4, -0.2) is 31.8 Å². The van der Waals surface area contributed by atoms with Crippen LogP contribution < -0.4 is 14.8 Å². The molecule has 1 N–H and O–H groups in total. The summed E-state index contributed by atoms with van der Waals surface area (Å²) in [6.07, 6.45) is 6.22. The zero-order chi connectivity index (χ0) is 17.6. The lowest BCUT2D eigenvalue weighted by atomic mass is 9.95. The first-order chi connectivity index (χ1) is 12.2. The molecule has 2 heterocycles. The molecule has 0 radical (unpaired) electrons. The Kier molecular flexibility index (Phi) is 5.95. The summed E-state index contributed by atoms with van der Waals surface area (Å²) in [6.45, 7) is 2.90. The average Bonchev–Trinajstić information content (AvgIpc) is 2.66. The summed E-state index contributed by atoms with van der Waals surface area (Å²) < 4.78 is 11.4. The number of nitrogens with zero attached hydrogens (tertiary/aromatic N) is 2. The molecule has 3 rings (SSSR count). The number of rotatable bonds is 6. The molecule has 2 aromatic rings. The number of benzene rings is 1. The van der Waals surface area contributed by atoms with E-state index in [2.05, 4.69) is 10.3 Å². The predicted molar refractivity (Wildman–Crippen MR) is 98.3 cm³/mol. The van der Waals surface area contributed by atoms with Crippen LogP contribution in [0.1, 0.15) is 31.2 Å². The average molecular weight is 360 g/mol. The second-order valence-corrected chi connectivity index (χ2v) is 6.70. The number of methoxy groups -OCH3 is 1. The molecule has 0 saturated carbocycles. The van der Waals surface area contributed by atoms with E-state index in [0.717, 1.165) is 25.4 Å². The van der Waals surface area contributed by atoms with Crippen LogP contribution in [0.5, 0.6) is 11.5 Å². The minimum atomic E-state index is 0.353. The molecule has 25 heavy (non-hydrogen) atoms. The molecule has 6 heteroatoms. The molecule has 1 aromatic heterocycles. The third-order valence-electron chi connectivity index (χ3n) is 4.62. The SMILES string of the molecule is COc1cc2c(Cl)c(C#N)cnc2cc1OCCCC1CCCNC1. The summed E-state index contributed by atoms with van der Waals surface area (Å²) in [6, 6.07) is 5.65. The first kappa shape index (κ1) is 17.8. The molecule has 0 aliphatic carbocycles. The Hall–Kier alpha value is -2.03. The Morgan fingerprint density at radius 2 is 2.28 bits per heavy atom. The number of halogens is 1. The van der Waals surface area contributed by atoms with E-state index >= 15 is 0 Å². The van der Waals surface area contributed by atoms with E-state index in [-0.39, 0.29) is 0 Å². The van der Waals surface area contributed by atoms with Crippen molar-refractivity contribution in [1.29, 1.82) is 5.26 Å². The highest BCUT2D eigenvalue weighted by Crippen LogP contribution is 2.35. The molecule has 1 unspecified atom stereocenters. The summed E-state index contributed by atoms with van der Waals surface area (Å²) >= 11 is 6.27. The van der Waals surface area contributed by atoms with Crippen LogP contribution in [0.2, 0.25) is 5.02 Å². The van der Waals surface area contributed by atoms with Crippen molar-refractivity contribution < 1.29 is 9.47 Å². The van der Waals surface area contributed by atoms with Crippen molar-refractivity contribution in [3.05, 3.63) is 28.9 Å². The first-order valence-corrected chi connectivity index (χ1v) is 9.00. The van der Waals surface area contributed by atoms with E-state index in [1.807, 2.05) is 12.1 Å². The molecule has 1 saturated heterocycles. The molecular formula is C19H22ClN3O2. The second kappa shape index (κ2) is 8.37. The Morgan fingerprint density at radius 1 is 1.40 bits per heavy atom. The number of hydrogen-bond donors (Lipinski definition) is 1. The molecule has 1 fully saturated rings. The Bertz CT molecular complexity index is 782. The van der Waals surface area contributed by atoms with E-state index in [1.54, 1.807) is 13.2 Å².